The third kappa shape index (κ3) is 2.64. The first kappa shape index (κ1) is 16.8. The Morgan fingerprint density at radius 2 is 2.16 bits per heavy atom. The van der Waals surface area contributed by atoms with Crippen molar-refractivity contribution in [3.05, 3.63) is 46.2 Å². The number of aromatic nitrogens is 3. The van der Waals surface area contributed by atoms with Crippen molar-refractivity contribution in [2.45, 2.75) is 34.7 Å². The van der Waals surface area contributed by atoms with Gasteiger partial charge in [-0.25, -0.2) is 17.9 Å². The predicted octanol–water partition coefficient (Wildman–Crippen LogP) is 2.46. The van der Waals surface area contributed by atoms with Gasteiger partial charge in [0.1, 0.15) is 9.92 Å². The van der Waals surface area contributed by atoms with Crippen LogP contribution in [0.3, 0.4) is 0 Å². The van der Waals surface area contributed by atoms with E-state index < -0.39 is 9.84 Å². The number of thiol groups is 1. The fraction of sp³-hybridized carbons (Fsp3) is 0.250. The molecule has 9 heteroatoms. The highest BCUT2D eigenvalue weighted by molar-refractivity contribution is 7.92. The number of hydrogen-bond acceptors (Lipinski definition) is 6. The molecule has 3 heterocycles. The summed E-state index contributed by atoms with van der Waals surface area (Å²) in [5, 5.41) is 8.15. The zero-order valence-corrected chi connectivity index (χ0v) is 15.8. The van der Waals surface area contributed by atoms with Gasteiger partial charge in [-0.15, -0.1) is 12.6 Å². The van der Waals surface area contributed by atoms with Crippen LogP contribution in [-0.4, -0.2) is 29.6 Å². The largest absolute Gasteiger partial charge is 0.312 e. The van der Waals surface area contributed by atoms with Gasteiger partial charge >= 0.3 is 0 Å². The molecule has 0 unspecified atom stereocenters. The van der Waals surface area contributed by atoms with Crippen molar-refractivity contribution < 1.29 is 8.42 Å². The summed E-state index contributed by atoms with van der Waals surface area (Å²) in [6.07, 6.45) is 0.751. The zero-order chi connectivity index (χ0) is 17.8. The lowest BCUT2D eigenvalue weighted by Crippen LogP contribution is -2.27. The molecule has 1 aromatic carbocycles. The molecule has 25 heavy (non-hydrogen) atoms. The maximum absolute atomic E-state index is 13.1. The van der Waals surface area contributed by atoms with Crippen LogP contribution in [0.2, 0.25) is 5.02 Å². The zero-order valence-electron chi connectivity index (χ0n) is 13.3. The standard InChI is InChI=1S/C16H15ClN4O2S2/c1-9-12-8-18-6-5-13(12)21-15(19-9)14(16(24)20-21)25(22,23)11-4-2-3-10(17)7-11/h2-4,7,18H,5-6,8H2,1H3,(H,20,24). The summed E-state index contributed by atoms with van der Waals surface area (Å²) in [6, 6.07) is 6.16. The van der Waals surface area contributed by atoms with Gasteiger partial charge in [0.05, 0.1) is 10.6 Å². The van der Waals surface area contributed by atoms with Crippen LogP contribution >= 0.6 is 24.2 Å². The minimum atomic E-state index is -3.84. The molecule has 6 nitrogen and oxygen atoms in total. The van der Waals surface area contributed by atoms with Gasteiger partial charge in [-0.05, 0) is 25.1 Å². The van der Waals surface area contributed by atoms with Gasteiger partial charge in [0.15, 0.2) is 5.65 Å². The normalized spacial score (nSPS) is 14.7. The van der Waals surface area contributed by atoms with Gasteiger partial charge in [0.2, 0.25) is 9.84 Å². The molecule has 0 bridgehead atoms. The minimum absolute atomic E-state index is 0.0162. The van der Waals surface area contributed by atoms with E-state index in [9.17, 15) is 8.42 Å². The monoisotopic (exact) mass is 394 g/mol. The summed E-state index contributed by atoms with van der Waals surface area (Å²) in [4.78, 5) is 4.64. The second kappa shape index (κ2) is 5.98. The summed E-state index contributed by atoms with van der Waals surface area (Å²) in [7, 11) is -3.84. The number of fused-ring (bicyclic) bond motifs is 3. The molecule has 2 aromatic heterocycles. The summed E-state index contributed by atoms with van der Waals surface area (Å²) in [5.41, 5.74) is 3.14. The van der Waals surface area contributed by atoms with Gasteiger partial charge in [0, 0.05) is 35.8 Å². The lowest BCUT2D eigenvalue weighted by molar-refractivity contribution is 0.594. The summed E-state index contributed by atoms with van der Waals surface area (Å²) in [6.45, 7) is 3.39. The van der Waals surface area contributed by atoms with Crippen LogP contribution in [-0.2, 0) is 22.8 Å². The van der Waals surface area contributed by atoms with Crippen LogP contribution in [0.25, 0.3) is 5.65 Å². The van der Waals surface area contributed by atoms with Crippen molar-refractivity contribution in [2.75, 3.05) is 6.54 Å². The Hall–Kier alpha value is -1.61. The lowest BCUT2D eigenvalue weighted by atomic mass is 10.1. The first-order valence-electron chi connectivity index (χ1n) is 7.71. The molecule has 0 radical (unpaired) electrons. The number of halogens is 1. The van der Waals surface area contributed by atoms with Gasteiger partial charge in [-0.1, -0.05) is 17.7 Å². The maximum atomic E-state index is 13.1. The fourth-order valence-electron chi connectivity index (χ4n) is 3.13. The number of aryl methyl sites for hydroxylation is 1. The van der Waals surface area contributed by atoms with E-state index in [1.165, 1.54) is 12.1 Å². The van der Waals surface area contributed by atoms with E-state index in [1.54, 1.807) is 16.6 Å². The number of nitrogens with one attached hydrogen (secondary N) is 1. The van der Waals surface area contributed by atoms with E-state index in [2.05, 4.69) is 28.0 Å². The van der Waals surface area contributed by atoms with Crippen molar-refractivity contribution >= 4 is 39.7 Å². The third-order valence-electron chi connectivity index (χ3n) is 4.33. The number of benzene rings is 1. The van der Waals surface area contributed by atoms with Crippen LogP contribution in [0.15, 0.2) is 39.1 Å². The number of hydrogen-bond donors (Lipinski definition) is 2. The molecule has 4 rings (SSSR count). The second-order valence-electron chi connectivity index (χ2n) is 5.90. The molecule has 1 N–H and O–H groups in total. The fourth-order valence-corrected chi connectivity index (χ4v) is 5.37. The molecule has 0 saturated carbocycles. The van der Waals surface area contributed by atoms with Crippen LogP contribution in [0.4, 0.5) is 0 Å². The molecule has 0 saturated heterocycles. The van der Waals surface area contributed by atoms with E-state index in [-0.39, 0.29) is 14.8 Å². The van der Waals surface area contributed by atoms with Crippen LogP contribution in [0, 0.1) is 6.92 Å². The van der Waals surface area contributed by atoms with E-state index in [4.69, 9.17) is 11.6 Å². The average Bonchev–Trinajstić information content (AvgIpc) is 2.92. The molecule has 3 aromatic rings. The minimum Gasteiger partial charge on any atom is -0.312 e. The average molecular weight is 395 g/mol. The Morgan fingerprint density at radius 3 is 2.92 bits per heavy atom. The van der Waals surface area contributed by atoms with E-state index >= 15 is 0 Å². The van der Waals surface area contributed by atoms with Crippen LogP contribution in [0.5, 0.6) is 0 Å². The Morgan fingerprint density at radius 1 is 1.36 bits per heavy atom. The first-order chi connectivity index (χ1) is 11.9. The van der Waals surface area contributed by atoms with E-state index in [0.29, 0.717) is 17.2 Å². The quantitative estimate of drug-likeness (QED) is 0.653. The van der Waals surface area contributed by atoms with Crippen LogP contribution < -0.4 is 5.32 Å². The van der Waals surface area contributed by atoms with Gasteiger partial charge in [-0.2, -0.15) is 5.10 Å². The number of nitrogens with zero attached hydrogens (tertiary/aromatic N) is 3. The lowest BCUT2D eigenvalue weighted by Gasteiger charge is -2.19. The molecular formula is C16H15ClN4O2S2. The molecule has 0 fully saturated rings. The van der Waals surface area contributed by atoms with Crippen molar-refractivity contribution in [1.29, 1.82) is 0 Å². The molecule has 0 amide bonds. The summed E-state index contributed by atoms with van der Waals surface area (Å²) < 4.78 is 27.9. The topological polar surface area (TPSA) is 76.4 Å². The molecule has 1 aliphatic rings. The molecule has 1 aliphatic heterocycles. The molecule has 0 spiro atoms. The smallest absolute Gasteiger partial charge is 0.213 e. The Kier molecular flexibility index (Phi) is 4.03. The van der Waals surface area contributed by atoms with Gasteiger partial charge in [-0.3, -0.25) is 0 Å². The highest BCUT2D eigenvalue weighted by Gasteiger charge is 2.30. The Balaban J connectivity index is 2.03. The highest BCUT2D eigenvalue weighted by Crippen LogP contribution is 2.32. The SMILES string of the molecule is Cc1nc2c(S(=O)(=O)c3cccc(Cl)c3)c(S)nn2c2c1CNCC2. The molecular weight excluding hydrogens is 380 g/mol. The summed E-state index contributed by atoms with van der Waals surface area (Å²) >= 11 is 10.3. The maximum Gasteiger partial charge on any atom is 0.213 e. The second-order valence-corrected chi connectivity index (χ2v) is 8.64. The summed E-state index contributed by atoms with van der Waals surface area (Å²) in [5.74, 6) is 0. The number of sulfone groups is 1. The van der Waals surface area contributed by atoms with E-state index in [1.807, 2.05) is 6.92 Å². The third-order valence-corrected chi connectivity index (χ3v) is 6.82. The predicted molar refractivity (Wildman–Crippen MR) is 97.3 cm³/mol. The number of rotatable bonds is 2. The van der Waals surface area contributed by atoms with Crippen molar-refractivity contribution in [2.24, 2.45) is 0 Å². The van der Waals surface area contributed by atoms with Crippen molar-refractivity contribution in [1.82, 2.24) is 19.9 Å². The Labute approximate surface area is 155 Å². The Bertz CT molecular complexity index is 1110. The van der Waals surface area contributed by atoms with Gasteiger partial charge < -0.3 is 5.32 Å². The molecule has 0 aliphatic carbocycles. The molecule has 130 valence electrons. The highest BCUT2D eigenvalue weighted by atomic mass is 35.5. The van der Waals surface area contributed by atoms with Crippen LogP contribution in [0.1, 0.15) is 17.0 Å². The van der Waals surface area contributed by atoms with Crippen molar-refractivity contribution in [3.8, 4) is 0 Å². The van der Waals surface area contributed by atoms with Crippen molar-refractivity contribution in [3.63, 3.8) is 0 Å². The first-order valence-corrected chi connectivity index (χ1v) is 10.0. The van der Waals surface area contributed by atoms with Gasteiger partial charge in [0.25, 0.3) is 0 Å². The molecule has 0 atom stereocenters. The van der Waals surface area contributed by atoms with E-state index in [0.717, 1.165) is 29.9 Å².